The van der Waals surface area contributed by atoms with E-state index in [0.29, 0.717) is 12.8 Å². The Hall–Kier alpha value is 0.01000. The third kappa shape index (κ3) is 7.88. The van der Waals surface area contributed by atoms with Gasteiger partial charge in [0.2, 0.25) is 0 Å². The van der Waals surface area contributed by atoms with E-state index in [1.54, 1.807) is 12.2 Å². The molecule has 0 radical (unpaired) electrons. The molecule has 0 aliphatic rings. The number of hydrogen-bond acceptors (Lipinski definition) is 2. The van der Waals surface area contributed by atoms with Crippen LogP contribution in [0.2, 0.25) is 0 Å². The fourth-order valence-corrected chi connectivity index (χ4v) is 4.03. The van der Waals surface area contributed by atoms with Gasteiger partial charge >= 0.3 is 0 Å². The number of allylic oxidation sites excluding steroid dienone is 2. The van der Waals surface area contributed by atoms with Crippen molar-refractivity contribution in [3.63, 3.8) is 0 Å². The minimum atomic E-state index is -3.18. The van der Waals surface area contributed by atoms with E-state index in [1.165, 1.54) is 0 Å². The lowest BCUT2D eigenvalue weighted by Gasteiger charge is -2.10. The van der Waals surface area contributed by atoms with E-state index < -0.39 is 20.6 Å². The molecule has 0 aromatic rings. The molecule has 2 atom stereocenters. The van der Waals surface area contributed by atoms with E-state index in [9.17, 15) is 8.42 Å². The third-order valence-electron chi connectivity index (χ3n) is 1.71. The van der Waals surface area contributed by atoms with E-state index in [-0.39, 0.29) is 11.5 Å². The predicted molar refractivity (Wildman–Crippen MR) is 67.6 cm³/mol. The second-order valence-corrected chi connectivity index (χ2v) is 6.71. The first-order valence-electron chi connectivity index (χ1n) is 4.61. The Balaban J connectivity index is 4.18. The van der Waals surface area contributed by atoms with Crippen LogP contribution in [-0.4, -0.2) is 30.7 Å². The molecular weight excluding hydrogens is 255 g/mol. The van der Waals surface area contributed by atoms with Gasteiger partial charge in [-0.05, 0) is 12.8 Å². The first-order chi connectivity index (χ1) is 6.91. The Kier molecular flexibility index (Phi) is 7.32. The van der Waals surface area contributed by atoms with Crippen molar-refractivity contribution in [1.82, 2.24) is 0 Å². The quantitative estimate of drug-likeness (QED) is 0.502. The summed E-state index contributed by atoms with van der Waals surface area (Å²) < 4.78 is 23.1. The van der Waals surface area contributed by atoms with Crippen molar-refractivity contribution in [2.45, 2.75) is 23.6 Å². The molecule has 0 saturated heterocycles. The molecule has 0 spiro atoms. The Bertz CT molecular complexity index is 275. The lowest BCUT2D eigenvalue weighted by Crippen LogP contribution is -2.23. The van der Waals surface area contributed by atoms with Crippen LogP contribution < -0.4 is 0 Å². The van der Waals surface area contributed by atoms with Crippen LogP contribution in [0.1, 0.15) is 12.8 Å². The van der Waals surface area contributed by atoms with Gasteiger partial charge in [-0.2, -0.15) is 0 Å². The Morgan fingerprint density at radius 1 is 1.00 bits per heavy atom. The molecular formula is C10H16Cl2O2S. The highest BCUT2D eigenvalue weighted by Gasteiger charge is 2.20. The SMILES string of the molecule is C=CCC(Cl)CS(=O)(=O)CC(Cl)CC=C. The summed E-state index contributed by atoms with van der Waals surface area (Å²) in [6, 6.07) is 0. The summed E-state index contributed by atoms with van der Waals surface area (Å²) in [5.74, 6) is -0.109. The lowest BCUT2D eigenvalue weighted by atomic mass is 10.3. The van der Waals surface area contributed by atoms with Gasteiger partial charge in [0, 0.05) is 0 Å². The van der Waals surface area contributed by atoms with Gasteiger partial charge in [0.1, 0.15) is 0 Å². The van der Waals surface area contributed by atoms with Crippen LogP contribution in [0, 0.1) is 0 Å². The zero-order valence-corrected chi connectivity index (χ0v) is 10.9. The molecule has 0 rings (SSSR count). The standard InChI is InChI=1S/C10H16Cl2O2S/c1-3-5-9(11)7-15(13,14)8-10(12)6-4-2/h3-4,9-10H,1-2,5-8H2. The van der Waals surface area contributed by atoms with Crippen LogP contribution >= 0.6 is 23.2 Å². The van der Waals surface area contributed by atoms with Gasteiger partial charge < -0.3 is 0 Å². The molecule has 0 aliphatic heterocycles. The average Bonchev–Trinajstić information content (AvgIpc) is 2.01. The van der Waals surface area contributed by atoms with Gasteiger partial charge in [-0.15, -0.1) is 36.4 Å². The van der Waals surface area contributed by atoms with Crippen molar-refractivity contribution < 1.29 is 8.42 Å². The summed E-state index contributed by atoms with van der Waals surface area (Å²) in [6.45, 7) is 7.00. The van der Waals surface area contributed by atoms with Crippen LogP contribution in [-0.2, 0) is 9.84 Å². The Morgan fingerprint density at radius 2 is 1.33 bits per heavy atom. The zero-order valence-electron chi connectivity index (χ0n) is 8.53. The summed E-state index contributed by atoms with van der Waals surface area (Å²) in [6.07, 6.45) is 4.18. The van der Waals surface area contributed by atoms with E-state index >= 15 is 0 Å². The van der Waals surface area contributed by atoms with Crippen LogP contribution in [0.3, 0.4) is 0 Å². The van der Waals surface area contributed by atoms with Gasteiger partial charge in [0.25, 0.3) is 0 Å². The molecule has 0 aromatic heterocycles. The molecule has 0 N–H and O–H groups in total. The normalized spacial score (nSPS) is 15.6. The summed E-state index contributed by atoms with van der Waals surface area (Å²) in [5.41, 5.74) is 0. The maximum atomic E-state index is 11.6. The number of alkyl halides is 2. The van der Waals surface area contributed by atoms with E-state index in [1.807, 2.05) is 0 Å². The number of hydrogen-bond donors (Lipinski definition) is 0. The van der Waals surface area contributed by atoms with Gasteiger partial charge in [-0.3, -0.25) is 0 Å². The molecule has 0 aliphatic carbocycles. The molecule has 0 aromatic carbocycles. The maximum Gasteiger partial charge on any atom is 0.153 e. The largest absolute Gasteiger partial charge is 0.229 e. The average molecular weight is 271 g/mol. The first-order valence-corrected chi connectivity index (χ1v) is 7.31. The summed E-state index contributed by atoms with van der Waals surface area (Å²) in [7, 11) is -3.18. The van der Waals surface area contributed by atoms with Gasteiger partial charge in [0.15, 0.2) is 9.84 Å². The highest BCUT2D eigenvalue weighted by atomic mass is 35.5. The predicted octanol–water partition coefficient (Wildman–Crippen LogP) is 2.77. The van der Waals surface area contributed by atoms with Crippen molar-refractivity contribution in [2.24, 2.45) is 0 Å². The minimum Gasteiger partial charge on any atom is -0.229 e. The minimum absolute atomic E-state index is 0.0546. The summed E-state index contributed by atoms with van der Waals surface area (Å²) in [4.78, 5) is 0. The lowest BCUT2D eigenvalue weighted by molar-refractivity contribution is 0.592. The Morgan fingerprint density at radius 3 is 1.60 bits per heavy atom. The number of rotatable bonds is 8. The van der Waals surface area contributed by atoms with Crippen LogP contribution in [0.4, 0.5) is 0 Å². The zero-order chi connectivity index (χ0) is 11.9. The van der Waals surface area contributed by atoms with Crippen molar-refractivity contribution in [3.05, 3.63) is 25.3 Å². The van der Waals surface area contributed by atoms with Crippen LogP contribution in [0.5, 0.6) is 0 Å². The second-order valence-electron chi connectivity index (χ2n) is 3.32. The molecule has 5 heteroatoms. The summed E-state index contributed by atoms with van der Waals surface area (Å²) >= 11 is 11.6. The van der Waals surface area contributed by atoms with Crippen LogP contribution in [0.15, 0.2) is 25.3 Å². The van der Waals surface area contributed by atoms with Gasteiger partial charge in [-0.1, -0.05) is 12.2 Å². The molecule has 0 amide bonds. The maximum absolute atomic E-state index is 11.6. The smallest absolute Gasteiger partial charge is 0.153 e. The summed E-state index contributed by atoms with van der Waals surface area (Å²) in [5, 5.41) is -0.833. The molecule has 15 heavy (non-hydrogen) atoms. The number of halogens is 2. The topological polar surface area (TPSA) is 34.1 Å². The van der Waals surface area contributed by atoms with Crippen molar-refractivity contribution in [3.8, 4) is 0 Å². The Labute approximate surface area is 102 Å². The second kappa shape index (κ2) is 7.31. The highest BCUT2D eigenvalue weighted by molar-refractivity contribution is 7.91. The molecule has 0 saturated carbocycles. The molecule has 0 bridgehead atoms. The van der Waals surface area contributed by atoms with E-state index in [2.05, 4.69) is 13.2 Å². The van der Waals surface area contributed by atoms with E-state index in [4.69, 9.17) is 23.2 Å². The fourth-order valence-electron chi connectivity index (χ4n) is 1.12. The highest BCUT2D eigenvalue weighted by Crippen LogP contribution is 2.12. The van der Waals surface area contributed by atoms with Gasteiger partial charge in [0.05, 0.1) is 22.3 Å². The van der Waals surface area contributed by atoms with Crippen molar-refractivity contribution >= 4 is 33.0 Å². The molecule has 0 heterocycles. The molecule has 2 unspecified atom stereocenters. The molecule has 2 nitrogen and oxygen atoms in total. The monoisotopic (exact) mass is 270 g/mol. The first kappa shape index (κ1) is 15.0. The van der Waals surface area contributed by atoms with Crippen LogP contribution in [0.25, 0.3) is 0 Å². The fraction of sp³-hybridized carbons (Fsp3) is 0.600. The van der Waals surface area contributed by atoms with Gasteiger partial charge in [-0.25, -0.2) is 8.42 Å². The van der Waals surface area contributed by atoms with Crippen molar-refractivity contribution in [2.75, 3.05) is 11.5 Å². The third-order valence-corrected chi connectivity index (χ3v) is 4.57. The molecule has 0 fully saturated rings. The number of sulfone groups is 1. The molecule has 88 valence electrons. The van der Waals surface area contributed by atoms with Crippen molar-refractivity contribution in [1.29, 1.82) is 0 Å². The van der Waals surface area contributed by atoms with E-state index in [0.717, 1.165) is 0 Å².